The number of carbonyl (C=O) groups excluding carboxylic acids is 1. The van der Waals surface area contributed by atoms with Crippen LogP contribution in [0.25, 0.3) is 10.4 Å². The van der Waals surface area contributed by atoms with Crippen LogP contribution in [0.3, 0.4) is 0 Å². The molecule has 1 aliphatic rings. The molecule has 0 spiro atoms. The first-order valence-electron chi connectivity index (χ1n) is 8.77. The normalized spacial score (nSPS) is 17.7. The van der Waals surface area contributed by atoms with E-state index in [1.165, 1.54) is 11.3 Å². The van der Waals surface area contributed by atoms with Crippen LogP contribution in [0.15, 0.2) is 67.0 Å². The number of hydrogen-bond acceptors (Lipinski definition) is 4. The number of ether oxygens (including phenoxy) is 1. The van der Waals surface area contributed by atoms with Crippen molar-refractivity contribution in [1.82, 2.24) is 9.88 Å². The van der Waals surface area contributed by atoms with Gasteiger partial charge in [-0.05, 0) is 30.2 Å². The Bertz CT molecular complexity index is 864. The SMILES string of the molecule is O=C(c1ccc(-c2cccnc2)s1)N1CCCOC(c2ccccc2)C1. The summed E-state index contributed by atoms with van der Waals surface area (Å²) in [5, 5.41) is 0. The Morgan fingerprint density at radius 3 is 2.81 bits per heavy atom. The summed E-state index contributed by atoms with van der Waals surface area (Å²) in [7, 11) is 0. The van der Waals surface area contributed by atoms with Crippen molar-refractivity contribution in [2.24, 2.45) is 0 Å². The number of pyridine rings is 1. The number of carbonyl (C=O) groups is 1. The van der Waals surface area contributed by atoms with Crippen LogP contribution < -0.4 is 0 Å². The molecule has 1 aliphatic heterocycles. The molecule has 2 aromatic heterocycles. The van der Waals surface area contributed by atoms with Gasteiger partial charge in [-0.2, -0.15) is 0 Å². The van der Waals surface area contributed by atoms with Gasteiger partial charge >= 0.3 is 0 Å². The second kappa shape index (κ2) is 7.81. The Morgan fingerprint density at radius 1 is 1.12 bits per heavy atom. The monoisotopic (exact) mass is 364 g/mol. The molecule has 1 amide bonds. The number of rotatable bonds is 3. The molecule has 0 aliphatic carbocycles. The molecule has 4 nitrogen and oxygen atoms in total. The summed E-state index contributed by atoms with van der Waals surface area (Å²) in [5.41, 5.74) is 2.16. The molecule has 26 heavy (non-hydrogen) atoms. The molecule has 1 saturated heterocycles. The van der Waals surface area contributed by atoms with Gasteiger partial charge in [0.25, 0.3) is 5.91 Å². The Balaban J connectivity index is 1.53. The Hall–Kier alpha value is -2.50. The van der Waals surface area contributed by atoms with Crippen molar-refractivity contribution >= 4 is 17.2 Å². The Labute approximate surface area is 157 Å². The zero-order valence-corrected chi connectivity index (χ0v) is 15.2. The van der Waals surface area contributed by atoms with Gasteiger partial charge in [-0.25, -0.2) is 0 Å². The molecule has 3 aromatic rings. The third-order valence-electron chi connectivity index (χ3n) is 4.50. The van der Waals surface area contributed by atoms with Crippen molar-refractivity contribution in [2.45, 2.75) is 12.5 Å². The first-order valence-corrected chi connectivity index (χ1v) is 9.59. The molecule has 1 fully saturated rings. The second-order valence-electron chi connectivity index (χ2n) is 6.28. The number of nitrogens with zero attached hydrogens (tertiary/aromatic N) is 2. The summed E-state index contributed by atoms with van der Waals surface area (Å²) in [6.45, 7) is 1.99. The van der Waals surface area contributed by atoms with Crippen LogP contribution in [0, 0.1) is 0 Å². The van der Waals surface area contributed by atoms with Gasteiger partial charge in [0.05, 0.1) is 11.4 Å². The maximum absolute atomic E-state index is 13.0. The zero-order valence-electron chi connectivity index (χ0n) is 14.4. The zero-order chi connectivity index (χ0) is 17.8. The minimum atomic E-state index is -0.0691. The van der Waals surface area contributed by atoms with E-state index in [-0.39, 0.29) is 12.0 Å². The molecule has 1 atom stereocenters. The Morgan fingerprint density at radius 2 is 2.00 bits per heavy atom. The first kappa shape index (κ1) is 16.9. The third kappa shape index (κ3) is 3.69. The van der Waals surface area contributed by atoms with Crippen LogP contribution in [-0.2, 0) is 4.74 Å². The van der Waals surface area contributed by atoms with E-state index in [1.807, 2.05) is 53.6 Å². The molecule has 132 valence electrons. The lowest BCUT2D eigenvalue weighted by Gasteiger charge is -2.23. The molecule has 3 heterocycles. The van der Waals surface area contributed by atoms with E-state index in [1.54, 1.807) is 6.20 Å². The number of hydrogen-bond donors (Lipinski definition) is 0. The predicted molar refractivity (Wildman–Crippen MR) is 103 cm³/mol. The lowest BCUT2D eigenvalue weighted by molar-refractivity contribution is 0.0474. The summed E-state index contributed by atoms with van der Waals surface area (Å²) in [4.78, 5) is 20.9. The molecule has 0 radical (unpaired) electrons. The van der Waals surface area contributed by atoms with Crippen LogP contribution in [0.4, 0.5) is 0 Å². The van der Waals surface area contributed by atoms with Gasteiger partial charge in [0.2, 0.25) is 0 Å². The number of thiophene rings is 1. The van der Waals surface area contributed by atoms with Crippen LogP contribution in [0.1, 0.15) is 27.8 Å². The molecular weight excluding hydrogens is 344 g/mol. The molecule has 0 N–H and O–H groups in total. The van der Waals surface area contributed by atoms with Crippen LogP contribution in [0.5, 0.6) is 0 Å². The van der Waals surface area contributed by atoms with Gasteiger partial charge in [-0.3, -0.25) is 9.78 Å². The summed E-state index contributed by atoms with van der Waals surface area (Å²) in [5.74, 6) is 0.0802. The fourth-order valence-electron chi connectivity index (χ4n) is 3.15. The standard InChI is InChI=1S/C21H20N2O2S/c24-21(20-10-9-19(26-20)17-8-4-11-22-14-17)23-12-5-13-25-18(15-23)16-6-2-1-3-7-16/h1-4,6-11,14,18H,5,12-13,15H2. The lowest BCUT2D eigenvalue weighted by Crippen LogP contribution is -2.33. The molecule has 0 bridgehead atoms. The van der Waals surface area contributed by atoms with Crippen LogP contribution in [0.2, 0.25) is 0 Å². The second-order valence-corrected chi connectivity index (χ2v) is 7.36. The fraction of sp³-hybridized carbons (Fsp3) is 0.238. The highest BCUT2D eigenvalue weighted by molar-refractivity contribution is 7.17. The molecular formula is C21H20N2O2S. The lowest BCUT2D eigenvalue weighted by atomic mass is 10.1. The van der Waals surface area contributed by atoms with Crippen LogP contribution >= 0.6 is 11.3 Å². The average molecular weight is 364 g/mol. The van der Waals surface area contributed by atoms with Crippen molar-refractivity contribution in [3.05, 3.63) is 77.4 Å². The van der Waals surface area contributed by atoms with Gasteiger partial charge in [0, 0.05) is 36.0 Å². The number of aromatic nitrogens is 1. The molecule has 4 rings (SSSR count). The largest absolute Gasteiger partial charge is 0.372 e. The van der Waals surface area contributed by atoms with Gasteiger partial charge in [0.15, 0.2) is 0 Å². The molecule has 1 unspecified atom stereocenters. The van der Waals surface area contributed by atoms with Gasteiger partial charge in [-0.15, -0.1) is 11.3 Å². The van der Waals surface area contributed by atoms with E-state index >= 15 is 0 Å². The van der Waals surface area contributed by atoms with Crippen molar-refractivity contribution in [1.29, 1.82) is 0 Å². The highest BCUT2D eigenvalue weighted by Crippen LogP contribution is 2.29. The maximum Gasteiger partial charge on any atom is 0.264 e. The van der Waals surface area contributed by atoms with E-state index in [4.69, 9.17) is 4.74 Å². The van der Waals surface area contributed by atoms with Crippen molar-refractivity contribution < 1.29 is 9.53 Å². The number of amides is 1. The van der Waals surface area contributed by atoms with Gasteiger partial charge in [-0.1, -0.05) is 36.4 Å². The molecule has 5 heteroatoms. The van der Waals surface area contributed by atoms with Gasteiger partial charge < -0.3 is 9.64 Å². The quantitative estimate of drug-likeness (QED) is 0.691. The van der Waals surface area contributed by atoms with Gasteiger partial charge in [0.1, 0.15) is 6.10 Å². The third-order valence-corrected chi connectivity index (χ3v) is 5.62. The van der Waals surface area contributed by atoms with Crippen molar-refractivity contribution in [3.63, 3.8) is 0 Å². The highest BCUT2D eigenvalue weighted by Gasteiger charge is 2.25. The minimum absolute atomic E-state index is 0.0691. The van der Waals surface area contributed by atoms with E-state index in [2.05, 4.69) is 17.1 Å². The summed E-state index contributed by atoms with van der Waals surface area (Å²) in [6, 6.07) is 18.0. The Kier molecular flexibility index (Phi) is 5.09. The van der Waals surface area contributed by atoms with E-state index in [9.17, 15) is 4.79 Å². The smallest absolute Gasteiger partial charge is 0.264 e. The van der Waals surface area contributed by atoms with E-state index in [0.717, 1.165) is 33.8 Å². The van der Waals surface area contributed by atoms with Crippen molar-refractivity contribution in [3.8, 4) is 10.4 Å². The molecule has 1 aromatic carbocycles. The fourth-order valence-corrected chi connectivity index (χ4v) is 4.12. The minimum Gasteiger partial charge on any atom is -0.372 e. The van der Waals surface area contributed by atoms with Crippen LogP contribution in [-0.4, -0.2) is 35.5 Å². The summed E-state index contributed by atoms with van der Waals surface area (Å²) < 4.78 is 5.98. The molecule has 0 saturated carbocycles. The number of benzene rings is 1. The predicted octanol–water partition coefficient (Wildman–Crippen LogP) is 4.41. The maximum atomic E-state index is 13.0. The highest BCUT2D eigenvalue weighted by atomic mass is 32.1. The first-order chi connectivity index (χ1) is 12.8. The van der Waals surface area contributed by atoms with E-state index in [0.29, 0.717) is 13.2 Å². The van der Waals surface area contributed by atoms with Crippen molar-refractivity contribution in [2.75, 3.05) is 19.7 Å². The van der Waals surface area contributed by atoms with E-state index < -0.39 is 0 Å². The average Bonchev–Trinajstić information content (AvgIpc) is 3.07. The summed E-state index contributed by atoms with van der Waals surface area (Å²) >= 11 is 1.52. The topological polar surface area (TPSA) is 42.4 Å². The summed E-state index contributed by atoms with van der Waals surface area (Å²) in [6.07, 6.45) is 4.37.